The average molecular weight is 194 g/mol. The molecule has 0 radical (unpaired) electrons. The molecule has 0 spiro atoms. The van der Waals surface area contributed by atoms with E-state index in [2.05, 4.69) is 4.98 Å². The summed E-state index contributed by atoms with van der Waals surface area (Å²) in [6.45, 7) is 3.94. The second-order valence-electron chi connectivity index (χ2n) is 3.52. The van der Waals surface area contributed by atoms with Crippen molar-refractivity contribution >= 4 is 5.97 Å². The van der Waals surface area contributed by atoms with Gasteiger partial charge in [0.05, 0.1) is 5.69 Å². The minimum absolute atomic E-state index is 0.0404. The second kappa shape index (κ2) is 4.19. The molecule has 1 rings (SSSR count). The molecule has 0 saturated heterocycles. The van der Waals surface area contributed by atoms with Gasteiger partial charge in [-0.3, -0.25) is 0 Å². The summed E-state index contributed by atoms with van der Waals surface area (Å²) in [4.78, 5) is 14.6. The van der Waals surface area contributed by atoms with Crippen molar-refractivity contribution in [1.29, 1.82) is 0 Å². The Morgan fingerprint density at radius 3 is 2.64 bits per heavy atom. The van der Waals surface area contributed by atoms with Gasteiger partial charge in [-0.25, -0.2) is 9.78 Å². The number of aromatic carboxylic acids is 1. The number of pyridine rings is 1. The average Bonchev–Trinajstić information content (AvgIpc) is 2.16. The van der Waals surface area contributed by atoms with Gasteiger partial charge in [-0.15, -0.1) is 0 Å². The fourth-order valence-corrected chi connectivity index (χ4v) is 1.10. The third kappa shape index (κ3) is 2.29. The summed E-state index contributed by atoms with van der Waals surface area (Å²) in [5, 5.41) is 8.73. The van der Waals surface area contributed by atoms with Crippen molar-refractivity contribution in [3.8, 4) is 0 Å². The molecule has 1 aromatic rings. The first kappa shape index (κ1) is 10.7. The van der Waals surface area contributed by atoms with E-state index in [9.17, 15) is 4.79 Å². The van der Waals surface area contributed by atoms with E-state index in [0.29, 0.717) is 5.69 Å². The number of rotatable bonds is 3. The molecule has 1 atom stereocenters. The topological polar surface area (TPSA) is 76.2 Å². The molecule has 0 bridgehead atoms. The minimum atomic E-state index is -1.03. The van der Waals surface area contributed by atoms with Gasteiger partial charge in [-0.05, 0) is 18.1 Å². The lowest BCUT2D eigenvalue weighted by Crippen LogP contribution is -2.19. The molecule has 4 nitrogen and oxygen atoms in total. The number of carbonyl (C=O) groups is 1. The van der Waals surface area contributed by atoms with Gasteiger partial charge in [-0.1, -0.05) is 19.9 Å². The zero-order valence-electron chi connectivity index (χ0n) is 8.27. The Kier molecular flexibility index (Phi) is 3.19. The molecule has 0 aliphatic carbocycles. The molecule has 0 aliphatic rings. The molecule has 3 N–H and O–H groups in total. The first-order chi connectivity index (χ1) is 6.52. The van der Waals surface area contributed by atoms with Gasteiger partial charge in [0, 0.05) is 6.04 Å². The van der Waals surface area contributed by atoms with E-state index >= 15 is 0 Å². The Balaban J connectivity index is 2.99. The summed E-state index contributed by atoms with van der Waals surface area (Å²) < 4.78 is 0. The Bertz CT molecular complexity index is 337. The van der Waals surface area contributed by atoms with Gasteiger partial charge in [0.15, 0.2) is 0 Å². The van der Waals surface area contributed by atoms with Crippen LogP contribution in [0.25, 0.3) is 0 Å². The van der Waals surface area contributed by atoms with E-state index < -0.39 is 5.97 Å². The van der Waals surface area contributed by atoms with Crippen molar-refractivity contribution < 1.29 is 9.90 Å². The minimum Gasteiger partial charge on any atom is -0.477 e. The van der Waals surface area contributed by atoms with E-state index in [1.54, 1.807) is 12.1 Å². The molecule has 0 aromatic carbocycles. The van der Waals surface area contributed by atoms with Crippen LogP contribution in [0.5, 0.6) is 0 Å². The number of carboxylic acids is 1. The molecule has 0 fully saturated rings. The summed E-state index contributed by atoms with van der Waals surface area (Å²) in [6.07, 6.45) is 0. The summed E-state index contributed by atoms with van der Waals surface area (Å²) >= 11 is 0. The number of carboxylic acid groups (broad SMARTS) is 1. The first-order valence-corrected chi connectivity index (χ1v) is 4.48. The molecule has 14 heavy (non-hydrogen) atoms. The van der Waals surface area contributed by atoms with Crippen molar-refractivity contribution in [1.82, 2.24) is 4.98 Å². The van der Waals surface area contributed by atoms with Crippen LogP contribution >= 0.6 is 0 Å². The number of nitrogens with zero attached hydrogens (tertiary/aromatic N) is 1. The lowest BCUT2D eigenvalue weighted by Gasteiger charge is -2.14. The zero-order chi connectivity index (χ0) is 10.7. The molecule has 4 heteroatoms. The molecule has 0 amide bonds. The van der Waals surface area contributed by atoms with E-state index in [1.807, 2.05) is 13.8 Å². The van der Waals surface area contributed by atoms with Crippen LogP contribution in [0.15, 0.2) is 18.2 Å². The molecule has 76 valence electrons. The van der Waals surface area contributed by atoms with E-state index in [-0.39, 0.29) is 17.7 Å². The van der Waals surface area contributed by atoms with Gasteiger partial charge < -0.3 is 10.8 Å². The highest BCUT2D eigenvalue weighted by Gasteiger charge is 2.13. The van der Waals surface area contributed by atoms with Crippen LogP contribution in [0, 0.1) is 5.92 Å². The predicted octanol–water partition coefficient (Wildman–Crippen LogP) is 1.44. The maximum Gasteiger partial charge on any atom is 0.354 e. The quantitative estimate of drug-likeness (QED) is 0.763. The maximum atomic E-state index is 10.6. The van der Waals surface area contributed by atoms with Gasteiger partial charge >= 0.3 is 5.97 Å². The lowest BCUT2D eigenvalue weighted by molar-refractivity contribution is 0.0690. The highest BCUT2D eigenvalue weighted by molar-refractivity contribution is 5.85. The molecule has 0 aliphatic heterocycles. The van der Waals surface area contributed by atoms with Crippen LogP contribution in [-0.4, -0.2) is 16.1 Å². The maximum absolute atomic E-state index is 10.6. The number of aromatic nitrogens is 1. The SMILES string of the molecule is CC(C)[C@H](N)c1cccc(C(=O)O)n1. The standard InChI is InChI=1S/C10H14N2O2/c1-6(2)9(11)7-4-3-5-8(12-7)10(13)14/h3-6,9H,11H2,1-2H3,(H,13,14)/t9-/m0/s1. The molecular formula is C10H14N2O2. The summed E-state index contributed by atoms with van der Waals surface area (Å²) in [5.74, 6) is -0.783. The Morgan fingerprint density at radius 1 is 1.50 bits per heavy atom. The molecule has 0 saturated carbocycles. The van der Waals surface area contributed by atoms with Crippen LogP contribution in [0.4, 0.5) is 0 Å². The van der Waals surface area contributed by atoms with Crippen LogP contribution in [-0.2, 0) is 0 Å². The monoisotopic (exact) mass is 194 g/mol. The highest BCUT2D eigenvalue weighted by Crippen LogP contribution is 2.16. The van der Waals surface area contributed by atoms with Crippen molar-refractivity contribution in [3.05, 3.63) is 29.6 Å². The summed E-state index contributed by atoms with van der Waals surface area (Å²) in [5.41, 5.74) is 6.52. The van der Waals surface area contributed by atoms with Crippen LogP contribution in [0.1, 0.15) is 36.1 Å². The smallest absolute Gasteiger partial charge is 0.354 e. The largest absolute Gasteiger partial charge is 0.477 e. The van der Waals surface area contributed by atoms with Crippen molar-refractivity contribution in [3.63, 3.8) is 0 Å². The van der Waals surface area contributed by atoms with Gasteiger partial charge in [0.1, 0.15) is 5.69 Å². The van der Waals surface area contributed by atoms with Gasteiger partial charge in [0.2, 0.25) is 0 Å². The van der Waals surface area contributed by atoms with Crippen LogP contribution in [0.3, 0.4) is 0 Å². The lowest BCUT2D eigenvalue weighted by atomic mass is 10.0. The first-order valence-electron chi connectivity index (χ1n) is 4.48. The summed E-state index contributed by atoms with van der Waals surface area (Å²) in [7, 11) is 0. The zero-order valence-corrected chi connectivity index (χ0v) is 8.27. The van der Waals surface area contributed by atoms with E-state index in [0.717, 1.165) is 0 Å². The van der Waals surface area contributed by atoms with Crippen LogP contribution < -0.4 is 5.73 Å². The Morgan fingerprint density at radius 2 is 2.14 bits per heavy atom. The summed E-state index contributed by atoms with van der Waals surface area (Å²) in [6, 6.07) is 4.65. The molecule has 1 aromatic heterocycles. The van der Waals surface area contributed by atoms with Crippen LogP contribution in [0.2, 0.25) is 0 Å². The fraction of sp³-hybridized carbons (Fsp3) is 0.400. The predicted molar refractivity (Wildman–Crippen MR) is 53.0 cm³/mol. The van der Waals surface area contributed by atoms with E-state index in [1.165, 1.54) is 6.07 Å². The Hall–Kier alpha value is -1.42. The van der Waals surface area contributed by atoms with Crippen molar-refractivity contribution in [2.24, 2.45) is 11.7 Å². The normalized spacial score (nSPS) is 12.9. The molecular weight excluding hydrogens is 180 g/mol. The molecule has 1 heterocycles. The van der Waals surface area contributed by atoms with E-state index in [4.69, 9.17) is 10.8 Å². The van der Waals surface area contributed by atoms with Crippen molar-refractivity contribution in [2.75, 3.05) is 0 Å². The Labute approximate surface area is 82.8 Å². The third-order valence-corrected chi connectivity index (χ3v) is 2.05. The van der Waals surface area contributed by atoms with Gasteiger partial charge in [-0.2, -0.15) is 0 Å². The van der Waals surface area contributed by atoms with Crippen molar-refractivity contribution in [2.45, 2.75) is 19.9 Å². The highest BCUT2D eigenvalue weighted by atomic mass is 16.4. The van der Waals surface area contributed by atoms with Gasteiger partial charge in [0.25, 0.3) is 0 Å². The number of hydrogen-bond donors (Lipinski definition) is 2. The molecule has 0 unspecified atom stereocenters. The second-order valence-corrected chi connectivity index (χ2v) is 3.52. The number of hydrogen-bond acceptors (Lipinski definition) is 3. The third-order valence-electron chi connectivity index (χ3n) is 2.05. The fourth-order valence-electron chi connectivity index (χ4n) is 1.10. The number of nitrogens with two attached hydrogens (primary N) is 1.